The van der Waals surface area contributed by atoms with Gasteiger partial charge in [0.05, 0.1) is 11.4 Å². The zero-order valence-corrected chi connectivity index (χ0v) is 12.4. The second kappa shape index (κ2) is 7.43. The maximum absolute atomic E-state index is 12.1. The van der Waals surface area contributed by atoms with Crippen LogP contribution in [0.15, 0.2) is 0 Å². The van der Waals surface area contributed by atoms with Crippen LogP contribution in [-0.4, -0.2) is 46.0 Å². The first-order valence-electron chi connectivity index (χ1n) is 6.74. The molecule has 1 rings (SSSR count). The molecule has 0 bridgehead atoms. The highest BCUT2D eigenvalue weighted by Crippen LogP contribution is 2.22. The third kappa shape index (κ3) is 4.84. The van der Waals surface area contributed by atoms with E-state index in [1.54, 1.807) is 14.0 Å². The number of ether oxygens (including phenoxy) is 1. The molecule has 0 spiro atoms. The van der Waals surface area contributed by atoms with Crippen molar-refractivity contribution in [1.29, 1.82) is 0 Å². The highest BCUT2D eigenvalue weighted by molar-refractivity contribution is 7.90. The van der Waals surface area contributed by atoms with Crippen molar-refractivity contribution in [2.45, 2.75) is 56.9 Å². The Morgan fingerprint density at radius 2 is 2.11 bits per heavy atom. The first-order chi connectivity index (χ1) is 8.49. The molecule has 0 amide bonds. The minimum absolute atomic E-state index is 0.0357. The molecule has 1 aliphatic rings. The molecular weight excluding hydrogens is 252 g/mol. The van der Waals surface area contributed by atoms with Gasteiger partial charge in [-0.15, -0.1) is 0 Å². The molecule has 1 aliphatic carbocycles. The molecule has 6 heteroatoms. The highest BCUT2D eigenvalue weighted by atomic mass is 32.2. The second-order valence-electron chi connectivity index (χ2n) is 5.05. The Kier molecular flexibility index (Phi) is 6.55. The lowest BCUT2D eigenvalue weighted by Crippen LogP contribution is -2.43. The Hall–Kier alpha value is -0.170. The van der Waals surface area contributed by atoms with Gasteiger partial charge in [-0.3, -0.25) is 0 Å². The lowest BCUT2D eigenvalue weighted by molar-refractivity contribution is 0.107. The summed E-state index contributed by atoms with van der Waals surface area (Å²) in [6.45, 7) is 5.17. The summed E-state index contributed by atoms with van der Waals surface area (Å²) in [5.41, 5.74) is 0. The van der Waals surface area contributed by atoms with E-state index in [0.717, 1.165) is 32.2 Å². The van der Waals surface area contributed by atoms with Crippen molar-refractivity contribution in [3.05, 3.63) is 0 Å². The zero-order chi connectivity index (χ0) is 13.6. The predicted molar refractivity (Wildman–Crippen MR) is 73.1 cm³/mol. The number of hydrogen-bond acceptors (Lipinski definition) is 4. The maximum atomic E-state index is 12.1. The van der Waals surface area contributed by atoms with Gasteiger partial charge in [0.2, 0.25) is 10.0 Å². The number of nitrogens with one attached hydrogen (secondary N) is 2. The van der Waals surface area contributed by atoms with Gasteiger partial charge >= 0.3 is 0 Å². The van der Waals surface area contributed by atoms with Crippen LogP contribution < -0.4 is 10.0 Å². The quantitative estimate of drug-likeness (QED) is 0.646. The van der Waals surface area contributed by atoms with Gasteiger partial charge in [-0.25, -0.2) is 13.1 Å². The van der Waals surface area contributed by atoms with E-state index < -0.39 is 15.3 Å². The van der Waals surface area contributed by atoms with Crippen molar-refractivity contribution in [2.24, 2.45) is 0 Å². The Balaban J connectivity index is 2.39. The third-order valence-electron chi connectivity index (χ3n) is 3.44. The predicted octanol–water partition coefficient (Wildman–Crippen LogP) is 0.861. The highest BCUT2D eigenvalue weighted by Gasteiger charge is 2.30. The van der Waals surface area contributed by atoms with Gasteiger partial charge in [-0.1, -0.05) is 6.92 Å². The lowest BCUT2D eigenvalue weighted by atomic mass is 10.3. The number of methoxy groups -OCH3 is 1. The summed E-state index contributed by atoms with van der Waals surface area (Å²) < 4.78 is 32.2. The van der Waals surface area contributed by atoms with Crippen molar-refractivity contribution in [3.63, 3.8) is 0 Å². The normalized spacial score (nSPS) is 26.4. The van der Waals surface area contributed by atoms with Gasteiger partial charge in [0.25, 0.3) is 0 Å². The summed E-state index contributed by atoms with van der Waals surface area (Å²) in [4.78, 5) is 0. The minimum atomic E-state index is -3.22. The van der Waals surface area contributed by atoms with Crippen LogP contribution in [-0.2, 0) is 14.8 Å². The number of rotatable bonds is 8. The van der Waals surface area contributed by atoms with Crippen molar-refractivity contribution in [2.75, 3.05) is 20.2 Å². The van der Waals surface area contributed by atoms with Crippen LogP contribution in [0.5, 0.6) is 0 Å². The monoisotopic (exact) mass is 278 g/mol. The summed E-state index contributed by atoms with van der Waals surface area (Å²) >= 11 is 0. The van der Waals surface area contributed by atoms with Gasteiger partial charge in [0.15, 0.2) is 0 Å². The average molecular weight is 278 g/mol. The SMILES string of the molecule is CCCNCC(C)S(=O)(=O)NC1CCC(OC)C1. The molecule has 0 heterocycles. The number of sulfonamides is 1. The van der Waals surface area contributed by atoms with Crippen LogP contribution in [0.3, 0.4) is 0 Å². The minimum Gasteiger partial charge on any atom is -0.381 e. The van der Waals surface area contributed by atoms with Crippen LogP contribution in [0.2, 0.25) is 0 Å². The van der Waals surface area contributed by atoms with Gasteiger partial charge in [-0.05, 0) is 39.2 Å². The largest absolute Gasteiger partial charge is 0.381 e. The fourth-order valence-electron chi connectivity index (χ4n) is 2.20. The summed E-state index contributed by atoms with van der Waals surface area (Å²) in [5.74, 6) is 0. The summed E-state index contributed by atoms with van der Waals surface area (Å²) in [5, 5.41) is 2.74. The molecule has 0 aromatic heterocycles. The van der Waals surface area contributed by atoms with E-state index in [1.165, 1.54) is 0 Å². The Morgan fingerprint density at radius 3 is 2.67 bits per heavy atom. The van der Waals surface area contributed by atoms with E-state index in [2.05, 4.69) is 17.0 Å². The molecule has 0 aromatic rings. The van der Waals surface area contributed by atoms with Crippen molar-refractivity contribution >= 4 is 10.0 Å². The summed E-state index contributed by atoms with van der Waals surface area (Å²) in [7, 11) is -1.54. The van der Waals surface area contributed by atoms with Crippen molar-refractivity contribution in [3.8, 4) is 0 Å². The molecule has 1 saturated carbocycles. The van der Waals surface area contributed by atoms with Gasteiger partial charge in [0.1, 0.15) is 0 Å². The molecule has 18 heavy (non-hydrogen) atoms. The first-order valence-corrected chi connectivity index (χ1v) is 8.28. The van der Waals surface area contributed by atoms with Gasteiger partial charge in [0, 0.05) is 19.7 Å². The molecular formula is C12H26N2O3S. The van der Waals surface area contributed by atoms with Crippen molar-refractivity contribution < 1.29 is 13.2 Å². The molecule has 108 valence electrons. The maximum Gasteiger partial charge on any atom is 0.215 e. The van der Waals surface area contributed by atoms with E-state index in [0.29, 0.717) is 6.54 Å². The first kappa shape index (κ1) is 15.9. The van der Waals surface area contributed by atoms with E-state index >= 15 is 0 Å². The Labute approximate surface area is 111 Å². The number of hydrogen-bond donors (Lipinski definition) is 2. The van der Waals surface area contributed by atoms with Crippen molar-refractivity contribution in [1.82, 2.24) is 10.0 Å². The Bertz CT molecular complexity index is 332. The molecule has 2 N–H and O–H groups in total. The molecule has 3 unspecified atom stereocenters. The average Bonchev–Trinajstić information content (AvgIpc) is 2.76. The van der Waals surface area contributed by atoms with Gasteiger partial charge in [-0.2, -0.15) is 0 Å². The summed E-state index contributed by atoms with van der Waals surface area (Å²) in [6.07, 6.45) is 3.80. The van der Waals surface area contributed by atoms with Crippen LogP contribution in [0, 0.1) is 0 Å². The van der Waals surface area contributed by atoms with E-state index in [9.17, 15) is 8.42 Å². The molecule has 0 saturated heterocycles. The van der Waals surface area contributed by atoms with E-state index in [4.69, 9.17) is 4.74 Å². The van der Waals surface area contributed by atoms with Crippen LogP contribution in [0.25, 0.3) is 0 Å². The van der Waals surface area contributed by atoms with Crippen LogP contribution >= 0.6 is 0 Å². The van der Waals surface area contributed by atoms with E-state index in [1.807, 2.05) is 0 Å². The smallest absolute Gasteiger partial charge is 0.215 e. The van der Waals surface area contributed by atoms with E-state index in [-0.39, 0.29) is 12.1 Å². The molecule has 0 radical (unpaired) electrons. The van der Waals surface area contributed by atoms with Gasteiger partial charge < -0.3 is 10.1 Å². The zero-order valence-electron chi connectivity index (χ0n) is 11.6. The molecule has 0 aromatic carbocycles. The van der Waals surface area contributed by atoms with Crippen LogP contribution in [0.4, 0.5) is 0 Å². The lowest BCUT2D eigenvalue weighted by Gasteiger charge is -2.18. The molecule has 3 atom stereocenters. The topological polar surface area (TPSA) is 67.4 Å². The standard InChI is InChI=1S/C12H26N2O3S/c1-4-7-13-9-10(2)18(15,16)14-11-5-6-12(8-11)17-3/h10-14H,4-9H2,1-3H3. The molecule has 0 aliphatic heterocycles. The third-order valence-corrected chi connectivity index (χ3v) is 5.33. The molecule has 1 fully saturated rings. The Morgan fingerprint density at radius 1 is 1.39 bits per heavy atom. The summed E-state index contributed by atoms with van der Waals surface area (Å²) in [6, 6.07) is 0.0357. The fraction of sp³-hybridized carbons (Fsp3) is 1.00. The fourth-order valence-corrected chi connectivity index (χ4v) is 3.45. The molecule has 5 nitrogen and oxygen atoms in total. The second-order valence-corrected chi connectivity index (χ2v) is 7.18. The van der Waals surface area contributed by atoms with Crippen LogP contribution in [0.1, 0.15) is 39.5 Å².